The molecule has 39 heavy (non-hydrogen) atoms. The molecule has 9 nitrogen and oxygen atoms in total. The molecule has 1 aliphatic heterocycles. The van der Waals surface area contributed by atoms with Gasteiger partial charge in [0, 0.05) is 48.5 Å². The third kappa shape index (κ3) is 5.22. The number of pyridine rings is 1. The minimum Gasteiger partial charge on any atom is -0.474 e. The van der Waals surface area contributed by atoms with Gasteiger partial charge in [-0.25, -0.2) is 15.0 Å². The molecule has 1 radical (unpaired) electrons. The summed E-state index contributed by atoms with van der Waals surface area (Å²) in [4.78, 5) is 17.9. The molecular formula is C27H29F3N7O2. The van der Waals surface area contributed by atoms with Crippen LogP contribution in [-0.4, -0.2) is 65.0 Å². The van der Waals surface area contributed by atoms with Crippen LogP contribution in [0.5, 0.6) is 5.88 Å². The van der Waals surface area contributed by atoms with Gasteiger partial charge in [0.25, 0.3) is 0 Å². The zero-order valence-corrected chi connectivity index (χ0v) is 21.6. The molecular weight excluding hydrogens is 511 g/mol. The van der Waals surface area contributed by atoms with Crippen LogP contribution in [-0.2, 0) is 11.8 Å². The van der Waals surface area contributed by atoms with Gasteiger partial charge in [-0.15, -0.1) is 0 Å². The van der Waals surface area contributed by atoms with Gasteiger partial charge in [-0.05, 0) is 57.2 Å². The summed E-state index contributed by atoms with van der Waals surface area (Å²) < 4.78 is 47.9. The highest BCUT2D eigenvalue weighted by Crippen LogP contribution is 2.36. The fourth-order valence-corrected chi connectivity index (χ4v) is 5.31. The molecule has 5 heterocycles. The van der Waals surface area contributed by atoms with E-state index in [-0.39, 0.29) is 17.5 Å². The van der Waals surface area contributed by atoms with E-state index < -0.39 is 17.5 Å². The molecule has 4 aromatic heterocycles. The highest BCUT2D eigenvalue weighted by Gasteiger charge is 2.38. The number of aromatic nitrogens is 6. The summed E-state index contributed by atoms with van der Waals surface area (Å²) in [7, 11) is 0. The maximum atomic E-state index is 13.4. The fraction of sp³-hybridized carbons (Fsp3) is 0.444. The van der Waals surface area contributed by atoms with Gasteiger partial charge in [-0.3, -0.25) is 9.58 Å². The Morgan fingerprint density at radius 1 is 1.08 bits per heavy atom. The Kier molecular flexibility index (Phi) is 6.34. The van der Waals surface area contributed by atoms with Crippen molar-refractivity contribution in [2.24, 2.45) is 0 Å². The minimum absolute atomic E-state index is 0.0972. The molecule has 4 aromatic rings. The molecule has 6 rings (SSSR count). The summed E-state index contributed by atoms with van der Waals surface area (Å²) in [6.45, 7) is 4.50. The van der Waals surface area contributed by atoms with Crippen LogP contribution in [0.3, 0.4) is 0 Å². The number of likely N-dealkylation sites (tertiary alicyclic amines) is 1. The van der Waals surface area contributed by atoms with Crippen molar-refractivity contribution in [1.82, 2.24) is 34.6 Å². The van der Waals surface area contributed by atoms with Gasteiger partial charge in [0.15, 0.2) is 0 Å². The summed E-state index contributed by atoms with van der Waals surface area (Å²) in [5, 5.41) is 15.8. The number of fused-ring (bicyclic) bond motifs is 1. The van der Waals surface area contributed by atoms with Gasteiger partial charge in [0.1, 0.15) is 29.8 Å². The number of aromatic amines is 1. The fourth-order valence-electron chi connectivity index (χ4n) is 5.31. The van der Waals surface area contributed by atoms with Crippen LogP contribution in [0.15, 0.2) is 43.1 Å². The first-order chi connectivity index (χ1) is 18.5. The Balaban J connectivity index is 1.04. The molecule has 1 aliphatic carbocycles. The van der Waals surface area contributed by atoms with E-state index in [1.165, 1.54) is 26.0 Å². The number of hydrogen-bond acceptors (Lipinski definition) is 7. The first kappa shape index (κ1) is 25.8. The average molecular weight is 541 g/mol. The van der Waals surface area contributed by atoms with Gasteiger partial charge >= 0.3 is 6.18 Å². The number of nitrogens with one attached hydrogen (secondary N) is 1. The highest BCUT2D eigenvalue weighted by atomic mass is 19.4. The summed E-state index contributed by atoms with van der Waals surface area (Å²) in [5.74, 6) is -0.0972. The van der Waals surface area contributed by atoms with Crippen LogP contribution in [0, 0.1) is 6.04 Å². The summed E-state index contributed by atoms with van der Waals surface area (Å²) in [6.07, 6.45) is 5.56. The maximum absolute atomic E-state index is 13.4. The van der Waals surface area contributed by atoms with Gasteiger partial charge < -0.3 is 14.8 Å². The molecule has 205 valence electrons. The van der Waals surface area contributed by atoms with E-state index in [0.29, 0.717) is 6.04 Å². The number of ether oxygens (including phenoxy) is 1. The van der Waals surface area contributed by atoms with Crippen molar-refractivity contribution in [3.05, 3.63) is 60.4 Å². The van der Waals surface area contributed by atoms with Crippen LogP contribution in [0.4, 0.5) is 13.2 Å². The summed E-state index contributed by atoms with van der Waals surface area (Å²) in [5.41, 5.74) is 0.179. The summed E-state index contributed by atoms with van der Waals surface area (Å²) >= 11 is 0. The van der Waals surface area contributed by atoms with Gasteiger partial charge in [-0.2, -0.15) is 18.3 Å². The van der Waals surface area contributed by atoms with Crippen molar-refractivity contribution in [2.45, 2.75) is 63.5 Å². The minimum atomic E-state index is -4.62. The molecule has 0 unspecified atom stereocenters. The quantitative estimate of drug-likeness (QED) is 0.370. The molecule has 0 aromatic carbocycles. The molecule has 2 N–H and O–H groups in total. The van der Waals surface area contributed by atoms with Crippen LogP contribution < -0.4 is 4.74 Å². The van der Waals surface area contributed by atoms with E-state index >= 15 is 0 Å². The lowest BCUT2D eigenvalue weighted by Crippen LogP contribution is -2.54. The van der Waals surface area contributed by atoms with Gasteiger partial charge in [0.2, 0.25) is 5.88 Å². The monoisotopic (exact) mass is 540 g/mol. The van der Waals surface area contributed by atoms with E-state index in [4.69, 9.17) is 4.74 Å². The van der Waals surface area contributed by atoms with Crippen LogP contribution in [0.2, 0.25) is 0 Å². The van der Waals surface area contributed by atoms with E-state index in [9.17, 15) is 18.3 Å². The zero-order valence-electron chi connectivity index (χ0n) is 21.6. The molecule has 1 saturated carbocycles. The van der Waals surface area contributed by atoms with Crippen molar-refractivity contribution < 1.29 is 23.0 Å². The molecule has 2 fully saturated rings. The van der Waals surface area contributed by atoms with Gasteiger partial charge in [-0.1, -0.05) is 0 Å². The largest absolute Gasteiger partial charge is 0.474 e. The Bertz CT molecular complexity index is 1430. The predicted molar refractivity (Wildman–Crippen MR) is 136 cm³/mol. The number of rotatable bonds is 6. The van der Waals surface area contributed by atoms with E-state index in [1.807, 2.05) is 29.3 Å². The van der Waals surface area contributed by atoms with Crippen molar-refractivity contribution in [2.75, 3.05) is 13.1 Å². The Labute approximate surface area is 223 Å². The third-order valence-corrected chi connectivity index (χ3v) is 7.55. The normalized spacial score (nSPS) is 21.3. The second-order valence-corrected chi connectivity index (χ2v) is 10.8. The predicted octanol–water partition coefficient (Wildman–Crippen LogP) is 4.55. The topological polar surface area (TPSA) is 105 Å². The number of aliphatic hydroxyl groups is 1. The molecule has 0 bridgehead atoms. The Morgan fingerprint density at radius 2 is 1.85 bits per heavy atom. The smallest absolute Gasteiger partial charge is 0.433 e. The van der Waals surface area contributed by atoms with E-state index in [1.54, 1.807) is 6.33 Å². The average Bonchev–Trinajstić information content (AvgIpc) is 3.53. The maximum Gasteiger partial charge on any atom is 0.433 e. The lowest BCUT2D eigenvalue weighted by atomic mass is 9.89. The zero-order chi connectivity index (χ0) is 27.4. The molecule has 12 heteroatoms. The summed E-state index contributed by atoms with van der Waals surface area (Å²) in [6, 6.07) is 5.81. The number of hydrogen-bond donors (Lipinski definition) is 2. The lowest BCUT2D eigenvalue weighted by molar-refractivity contribution is -0.141. The van der Waals surface area contributed by atoms with Crippen LogP contribution in [0.1, 0.15) is 50.8 Å². The Morgan fingerprint density at radius 3 is 2.56 bits per heavy atom. The van der Waals surface area contributed by atoms with Crippen LogP contribution >= 0.6 is 0 Å². The standard InChI is InChI=1S/C27H29F3N7O2/c1-26(2,38)17-9-22(27(28,29)30)35-23(10-17)39-20-5-3-18(4-6-20)36-13-19(14-36)37-12-16(11-34-37)24-21-7-8-31-25(21)33-15-32-24/h7-12,15,18,20,38H,3-6,13-14H2,1-2H3,(H,31,32,33)/t18-,20+. The van der Waals surface area contributed by atoms with Crippen molar-refractivity contribution in [1.29, 1.82) is 0 Å². The molecule has 0 atom stereocenters. The number of alkyl halides is 3. The molecule has 0 spiro atoms. The van der Waals surface area contributed by atoms with Crippen LogP contribution in [0.25, 0.3) is 22.3 Å². The Hall–Kier alpha value is -3.51. The van der Waals surface area contributed by atoms with Crippen molar-refractivity contribution >= 4 is 11.0 Å². The van der Waals surface area contributed by atoms with Crippen molar-refractivity contribution in [3.63, 3.8) is 0 Å². The SMILES string of the molecule is CC(C)(O)c1cc(O[C@H]2CC[C@@H](N3C[C](n4cc(-c5ncnc6[nH]ccc56)cn4)C3)CC2)nc(C(F)(F)F)c1. The third-order valence-electron chi connectivity index (χ3n) is 7.55. The highest BCUT2D eigenvalue weighted by molar-refractivity contribution is 5.90. The first-order valence-electron chi connectivity index (χ1n) is 13.0. The first-order valence-corrected chi connectivity index (χ1v) is 13.0. The van der Waals surface area contributed by atoms with E-state index in [2.05, 4.69) is 29.9 Å². The molecule has 1 saturated heterocycles. The molecule has 2 aliphatic rings. The number of nitrogens with zero attached hydrogens (tertiary/aromatic N) is 6. The van der Waals surface area contributed by atoms with Gasteiger partial charge in [0.05, 0.1) is 17.5 Å². The number of H-pyrrole nitrogens is 1. The second-order valence-electron chi connectivity index (χ2n) is 10.8. The number of halogens is 3. The molecule has 0 amide bonds. The second kappa shape index (κ2) is 9.60. The van der Waals surface area contributed by atoms with Crippen molar-refractivity contribution in [3.8, 4) is 17.1 Å². The lowest BCUT2D eigenvalue weighted by Gasteiger charge is -2.45. The van der Waals surface area contributed by atoms with E-state index in [0.717, 1.165) is 67.1 Å².